The van der Waals surface area contributed by atoms with Crippen molar-refractivity contribution >= 4 is 0 Å². The van der Waals surface area contributed by atoms with Crippen LogP contribution in [0.15, 0.2) is 30.9 Å². The molecule has 3 rings (SSSR count). The number of aliphatic hydroxyl groups is 1. The first kappa shape index (κ1) is 18.6. The summed E-state index contributed by atoms with van der Waals surface area (Å²) in [6.07, 6.45) is 8.05. The van der Waals surface area contributed by atoms with Gasteiger partial charge < -0.3 is 20.3 Å². The first-order valence-electron chi connectivity index (χ1n) is 9.45. The number of hydrogen-bond donors (Lipinski definition) is 2. The van der Waals surface area contributed by atoms with Crippen molar-refractivity contribution in [2.24, 2.45) is 5.73 Å². The fraction of sp³-hybridized carbons (Fsp3) is 0.619. The third-order valence-electron chi connectivity index (χ3n) is 5.66. The number of nitrogens with two attached hydrogens (primary N) is 1. The van der Waals surface area contributed by atoms with Gasteiger partial charge in [-0.1, -0.05) is 24.3 Å². The molecule has 25 heavy (non-hydrogen) atoms. The van der Waals surface area contributed by atoms with Gasteiger partial charge in [0, 0.05) is 5.54 Å². The van der Waals surface area contributed by atoms with Crippen molar-refractivity contribution in [2.45, 2.75) is 56.1 Å². The second kappa shape index (κ2) is 8.45. The average Bonchev–Trinajstić information content (AvgIpc) is 3.04. The lowest BCUT2D eigenvalue weighted by atomic mass is 9.85. The number of ether oxygens (including phenoxy) is 2. The molecule has 0 amide bonds. The van der Waals surface area contributed by atoms with Crippen LogP contribution < -0.4 is 5.73 Å². The zero-order valence-electron chi connectivity index (χ0n) is 15.1. The van der Waals surface area contributed by atoms with Crippen LogP contribution in [-0.2, 0) is 22.3 Å². The van der Waals surface area contributed by atoms with Gasteiger partial charge in [-0.05, 0) is 61.1 Å². The van der Waals surface area contributed by atoms with Crippen LogP contribution in [0.1, 0.15) is 48.3 Å². The molecule has 4 nitrogen and oxygen atoms in total. The van der Waals surface area contributed by atoms with Gasteiger partial charge in [-0.25, -0.2) is 0 Å². The van der Waals surface area contributed by atoms with Gasteiger partial charge in [-0.3, -0.25) is 0 Å². The zero-order chi connectivity index (χ0) is 17.7. The van der Waals surface area contributed by atoms with Crippen molar-refractivity contribution in [2.75, 3.05) is 26.4 Å². The Balaban J connectivity index is 1.54. The number of benzene rings is 1. The van der Waals surface area contributed by atoms with Gasteiger partial charge in [0.25, 0.3) is 0 Å². The molecule has 1 aromatic carbocycles. The van der Waals surface area contributed by atoms with E-state index in [1.165, 1.54) is 16.7 Å². The molecule has 4 heteroatoms. The lowest BCUT2D eigenvalue weighted by Crippen LogP contribution is -2.40. The number of aryl methyl sites for hydroxylation is 1. The standard InChI is InChI=1S/C21H31NO3/c1-2-9-24-10-11-25-20-6-5-16-12-17(3-4-18(16)13-20)19-7-8-21(22,14-19)15-23/h2-4,12,19-20,23H,1,5-11,13-15,22H2/t19-,20?,21+/m0/s1. The van der Waals surface area contributed by atoms with Gasteiger partial charge >= 0.3 is 0 Å². The molecule has 0 bridgehead atoms. The summed E-state index contributed by atoms with van der Waals surface area (Å²) in [7, 11) is 0. The first-order chi connectivity index (χ1) is 12.1. The molecular weight excluding hydrogens is 314 g/mol. The third-order valence-corrected chi connectivity index (χ3v) is 5.66. The Labute approximate surface area is 151 Å². The Hall–Kier alpha value is -1.20. The fourth-order valence-corrected chi connectivity index (χ4v) is 4.16. The molecule has 1 unspecified atom stereocenters. The van der Waals surface area contributed by atoms with Gasteiger partial charge in [-0.15, -0.1) is 6.58 Å². The molecule has 0 radical (unpaired) electrons. The summed E-state index contributed by atoms with van der Waals surface area (Å²) in [5.41, 5.74) is 10.1. The highest BCUT2D eigenvalue weighted by molar-refractivity contribution is 5.36. The van der Waals surface area contributed by atoms with Crippen molar-refractivity contribution < 1.29 is 14.6 Å². The smallest absolute Gasteiger partial charge is 0.0704 e. The van der Waals surface area contributed by atoms with E-state index < -0.39 is 0 Å². The Bertz CT molecular complexity index is 589. The zero-order valence-corrected chi connectivity index (χ0v) is 15.1. The molecule has 1 saturated carbocycles. The predicted molar refractivity (Wildman–Crippen MR) is 99.8 cm³/mol. The molecule has 2 aliphatic carbocycles. The van der Waals surface area contributed by atoms with Crippen LogP contribution in [0.2, 0.25) is 0 Å². The second-order valence-corrected chi connectivity index (χ2v) is 7.59. The van der Waals surface area contributed by atoms with Gasteiger partial charge in [0.15, 0.2) is 0 Å². The summed E-state index contributed by atoms with van der Waals surface area (Å²) in [4.78, 5) is 0. The number of aliphatic hydroxyl groups excluding tert-OH is 1. The van der Waals surface area contributed by atoms with Crippen LogP contribution >= 0.6 is 0 Å². The summed E-state index contributed by atoms with van der Waals surface area (Å²) in [6.45, 7) is 5.58. The summed E-state index contributed by atoms with van der Waals surface area (Å²) < 4.78 is 11.3. The van der Waals surface area contributed by atoms with Gasteiger partial charge in [0.1, 0.15) is 0 Å². The SMILES string of the molecule is C=CCOCCOC1CCc2cc([C@H]3CC[C@](N)(CO)C3)ccc2C1. The molecule has 0 saturated heterocycles. The molecule has 3 atom stereocenters. The topological polar surface area (TPSA) is 64.7 Å². The molecular formula is C21H31NO3. The molecule has 3 N–H and O–H groups in total. The summed E-state index contributed by atoms with van der Waals surface area (Å²) >= 11 is 0. The highest BCUT2D eigenvalue weighted by Crippen LogP contribution is 2.40. The van der Waals surface area contributed by atoms with E-state index in [0.717, 1.165) is 38.5 Å². The average molecular weight is 345 g/mol. The van der Waals surface area contributed by atoms with Crippen molar-refractivity contribution in [3.63, 3.8) is 0 Å². The highest BCUT2D eigenvalue weighted by Gasteiger charge is 2.36. The van der Waals surface area contributed by atoms with E-state index in [0.29, 0.717) is 31.8 Å². The molecule has 2 aliphatic rings. The van der Waals surface area contributed by atoms with Gasteiger partial charge in [0.05, 0.1) is 32.5 Å². The summed E-state index contributed by atoms with van der Waals surface area (Å²) in [6, 6.07) is 6.89. The normalized spacial score (nSPS) is 28.7. The van der Waals surface area contributed by atoms with Crippen molar-refractivity contribution in [1.29, 1.82) is 0 Å². The molecule has 0 heterocycles. The fourth-order valence-electron chi connectivity index (χ4n) is 4.16. The van der Waals surface area contributed by atoms with Crippen molar-refractivity contribution in [3.05, 3.63) is 47.5 Å². The number of rotatable bonds is 8. The number of fused-ring (bicyclic) bond motifs is 1. The van der Waals surface area contributed by atoms with Crippen molar-refractivity contribution in [1.82, 2.24) is 0 Å². The Morgan fingerprint density at radius 3 is 2.92 bits per heavy atom. The monoisotopic (exact) mass is 345 g/mol. The molecule has 1 fully saturated rings. The van der Waals surface area contributed by atoms with Crippen LogP contribution in [0.4, 0.5) is 0 Å². The molecule has 138 valence electrons. The predicted octanol–water partition coefficient (Wildman–Crippen LogP) is 2.72. The van der Waals surface area contributed by atoms with E-state index in [9.17, 15) is 5.11 Å². The van der Waals surface area contributed by atoms with Gasteiger partial charge in [-0.2, -0.15) is 0 Å². The lowest BCUT2D eigenvalue weighted by Gasteiger charge is -2.26. The summed E-state index contributed by atoms with van der Waals surface area (Å²) in [5, 5.41) is 9.48. The second-order valence-electron chi connectivity index (χ2n) is 7.59. The molecule has 0 spiro atoms. The van der Waals surface area contributed by atoms with E-state index in [1.807, 2.05) is 0 Å². The minimum Gasteiger partial charge on any atom is -0.394 e. The van der Waals surface area contributed by atoms with E-state index in [1.54, 1.807) is 6.08 Å². The van der Waals surface area contributed by atoms with Crippen molar-refractivity contribution in [3.8, 4) is 0 Å². The van der Waals surface area contributed by atoms with Crippen LogP contribution in [0.25, 0.3) is 0 Å². The largest absolute Gasteiger partial charge is 0.394 e. The maximum Gasteiger partial charge on any atom is 0.0704 e. The molecule has 0 aromatic heterocycles. The third kappa shape index (κ3) is 4.70. The Kier molecular flexibility index (Phi) is 6.29. The summed E-state index contributed by atoms with van der Waals surface area (Å²) in [5.74, 6) is 0.485. The minimum atomic E-state index is -0.382. The Morgan fingerprint density at radius 1 is 1.28 bits per heavy atom. The minimum absolute atomic E-state index is 0.0873. The maximum absolute atomic E-state index is 9.48. The maximum atomic E-state index is 9.48. The molecule has 0 aliphatic heterocycles. The van der Waals surface area contributed by atoms with Crippen LogP contribution in [0.5, 0.6) is 0 Å². The van der Waals surface area contributed by atoms with Crippen LogP contribution in [0, 0.1) is 0 Å². The van der Waals surface area contributed by atoms with Gasteiger partial charge in [0.2, 0.25) is 0 Å². The van der Waals surface area contributed by atoms with E-state index >= 15 is 0 Å². The van der Waals surface area contributed by atoms with Crippen LogP contribution in [-0.4, -0.2) is 43.2 Å². The lowest BCUT2D eigenvalue weighted by molar-refractivity contribution is 0.00495. The van der Waals surface area contributed by atoms with E-state index in [2.05, 4.69) is 24.8 Å². The van der Waals surface area contributed by atoms with E-state index in [4.69, 9.17) is 15.2 Å². The Morgan fingerprint density at radius 2 is 2.16 bits per heavy atom. The number of hydrogen-bond acceptors (Lipinski definition) is 4. The quantitative estimate of drug-likeness (QED) is 0.562. The van der Waals surface area contributed by atoms with E-state index in [-0.39, 0.29) is 12.1 Å². The van der Waals surface area contributed by atoms with Crippen LogP contribution in [0.3, 0.4) is 0 Å². The highest BCUT2D eigenvalue weighted by atomic mass is 16.5. The molecule has 1 aromatic rings. The first-order valence-corrected chi connectivity index (χ1v) is 9.45.